The molecule has 2 heterocycles. The van der Waals surface area contributed by atoms with Crippen LogP contribution in [0.5, 0.6) is 0 Å². The molecule has 0 fully saturated rings. The van der Waals surface area contributed by atoms with Crippen LogP contribution in [0.15, 0.2) is 29.4 Å². The lowest BCUT2D eigenvalue weighted by atomic mass is 10.1. The van der Waals surface area contributed by atoms with Crippen LogP contribution in [0.25, 0.3) is 0 Å². The molecule has 0 atom stereocenters. The summed E-state index contributed by atoms with van der Waals surface area (Å²) < 4.78 is 32.1. The Labute approximate surface area is 148 Å². The fourth-order valence-electron chi connectivity index (χ4n) is 2.58. The van der Waals surface area contributed by atoms with Crippen molar-refractivity contribution in [3.63, 3.8) is 0 Å². The van der Waals surface area contributed by atoms with Crippen LogP contribution in [-0.4, -0.2) is 33.7 Å². The Balaban J connectivity index is 2.09. The highest BCUT2D eigenvalue weighted by Crippen LogP contribution is 2.26. The monoisotopic (exact) mass is 368 g/mol. The second-order valence-corrected chi connectivity index (χ2v) is 6.24. The Morgan fingerprint density at radius 1 is 1.32 bits per heavy atom. The van der Waals surface area contributed by atoms with E-state index in [1.807, 2.05) is 25.3 Å². The van der Waals surface area contributed by atoms with E-state index < -0.39 is 18.3 Å². The van der Waals surface area contributed by atoms with Crippen molar-refractivity contribution in [3.8, 4) is 0 Å². The number of aromatic nitrogens is 2. The maximum absolute atomic E-state index is 12.5. The van der Waals surface area contributed by atoms with Crippen molar-refractivity contribution in [2.75, 3.05) is 6.61 Å². The van der Waals surface area contributed by atoms with Gasteiger partial charge in [0.1, 0.15) is 5.03 Å². The number of carbonyl (C=O) groups is 2. The number of nitrogens with zero attached hydrogens (tertiary/aromatic N) is 2. The van der Waals surface area contributed by atoms with Crippen LogP contribution in [-0.2, 0) is 11.3 Å². The number of carbonyl (C=O) groups excluding carboxylic acids is 2. The van der Waals surface area contributed by atoms with Gasteiger partial charge in [0.2, 0.25) is 5.78 Å². The third-order valence-corrected chi connectivity index (χ3v) is 4.44. The van der Waals surface area contributed by atoms with Gasteiger partial charge in [0.25, 0.3) is 5.76 Å². The van der Waals surface area contributed by atoms with Crippen LogP contribution in [0.1, 0.15) is 39.0 Å². The second kappa shape index (κ2) is 8.24. The summed E-state index contributed by atoms with van der Waals surface area (Å²) in [7, 11) is 0. The van der Waals surface area contributed by atoms with Gasteiger partial charge in [-0.15, -0.1) is 0 Å². The Morgan fingerprint density at radius 3 is 2.64 bits per heavy atom. The Kier molecular flexibility index (Phi) is 6.30. The molecule has 2 rings (SSSR count). The molecule has 8 heteroatoms. The average molecular weight is 368 g/mol. The Bertz CT molecular complexity index is 790. The number of Topliss-reactive ketones (excluding diaryl/α,β-unsaturated/α-hetero) is 1. The van der Waals surface area contributed by atoms with E-state index in [9.17, 15) is 18.4 Å². The van der Waals surface area contributed by atoms with Gasteiger partial charge in [-0.05, 0) is 50.7 Å². The smallest absolute Gasteiger partial charge is 0.341 e. The van der Waals surface area contributed by atoms with Gasteiger partial charge in [-0.3, -0.25) is 4.79 Å². The molecule has 5 nitrogen and oxygen atoms in total. The second-order valence-electron chi connectivity index (χ2n) is 5.26. The molecule has 0 bridgehead atoms. The molecule has 0 saturated carbocycles. The van der Waals surface area contributed by atoms with E-state index in [-0.39, 0.29) is 28.1 Å². The van der Waals surface area contributed by atoms with E-state index in [4.69, 9.17) is 4.74 Å². The number of rotatable bonds is 7. The minimum atomic E-state index is -2.71. The van der Waals surface area contributed by atoms with Crippen LogP contribution in [0.4, 0.5) is 8.78 Å². The summed E-state index contributed by atoms with van der Waals surface area (Å²) in [5, 5.41) is -0.126. The van der Waals surface area contributed by atoms with Crippen molar-refractivity contribution in [2.45, 2.75) is 38.1 Å². The van der Waals surface area contributed by atoms with Crippen LogP contribution < -0.4 is 0 Å². The van der Waals surface area contributed by atoms with Crippen LogP contribution >= 0.6 is 11.8 Å². The van der Waals surface area contributed by atoms with Gasteiger partial charge in [-0.2, -0.15) is 8.78 Å². The van der Waals surface area contributed by atoms with Crippen LogP contribution in [0.3, 0.4) is 0 Å². The first-order valence-corrected chi connectivity index (χ1v) is 8.50. The van der Waals surface area contributed by atoms with Crippen molar-refractivity contribution in [3.05, 3.63) is 46.9 Å². The zero-order valence-electron chi connectivity index (χ0n) is 14.1. The molecule has 2 aromatic rings. The van der Waals surface area contributed by atoms with Gasteiger partial charge < -0.3 is 9.30 Å². The lowest BCUT2D eigenvalue weighted by Crippen LogP contribution is -2.16. The van der Waals surface area contributed by atoms with Crippen molar-refractivity contribution in [2.24, 2.45) is 0 Å². The molecule has 0 saturated heterocycles. The number of ketones is 1. The summed E-state index contributed by atoms with van der Waals surface area (Å²) in [5.74, 6) is -3.90. The molecule has 0 aliphatic rings. The summed E-state index contributed by atoms with van der Waals surface area (Å²) in [6.45, 7) is 5.96. The van der Waals surface area contributed by atoms with Gasteiger partial charge in [0, 0.05) is 29.7 Å². The third kappa shape index (κ3) is 4.45. The number of esters is 1. The van der Waals surface area contributed by atoms with Gasteiger partial charge >= 0.3 is 5.97 Å². The third-order valence-electron chi connectivity index (χ3n) is 3.72. The summed E-state index contributed by atoms with van der Waals surface area (Å²) in [4.78, 5) is 28.2. The zero-order valence-corrected chi connectivity index (χ0v) is 14.9. The van der Waals surface area contributed by atoms with E-state index in [1.54, 1.807) is 6.07 Å². The first-order chi connectivity index (χ1) is 11.8. The minimum Gasteiger partial charge on any atom is -0.454 e. The lowest BCUT2D eigenvalue weighted by Gasteiger charge is -2.08. The summed E-state index contributed by atoms with van der Waals surface area (Å²) in [5.41, 5.74) is 2.15. The number of ether oxygens (including phenoxy) is 1. The number of halogens is 2. The number of pyridine rings is 1. The van der Waals surface area contributed by atoms with Crippen molar-refractivity contribution in [1.29, 1.82) is 0 Å². The fourth-order valence-corrected chi connectivity index (χ4v) is 3.15. The number of alkyl halides is 2. The Morgan fingerprint density at radius 2 is 2.04 bits per heavy atom. The predicted octanol–water partition coefficient (Wildman–Crippen LogP) is 3.87. The SMILES string of the molecule is CCn1c(C)cc(C(=O)COC(=O)c2cccnc2SC(F)F)c1C. The average Bonchev–Trinajstić information content (AvgIpc) is 2.86. The number of thioether (sulfide) groups is 1. The minimum absolute atomic E-state index is 0.0837. The molecule has 25 heavy (non-hydrogen) atoms. The normalized spacial score (nSPS) is 11.0. The number of aryl methyl sites for hydroxylation is 1. The maximum atomic E-state index is 12.5. The molecule has 0 unspecified atom stereocenters. The zero-order chi connectivity index (χ0) is 18.6. The quantitative estimate of drug-likeness (QED) is 0.422. The molecule has 0 amide bonds. The first-order valence-electron chi connectivity index (χ1n) is 7.62. The highest BCUT2D eigenvalue weighted by molar-refractivity contribution is 7.99. The maximum Gasteiger partial charge on any atom is 0.341 e. The summed E-state index contributed by atoms with van der Waals surface area (Å²) in [6, 6.07) is 4.54. The standard InChI is InChI=1S/C17H18F2N2O3S/c1-4-21-10(2)8-13(11(21)3)14(22)9-24-16(23)12-6-5-7-20-15(12)25-17(18)19/h5-8,17H,4,9H2,1-3H3. The van der Waals surface area contributed by atoms with Gasteiger partial charge in [0.15, 0.2) is 6.61 Å². The molecule has 0 aromatic carbocycles. The lowest BCUT2D eigenvalue weighted by molar-refractivity contribution is 0.0470. The fraction of sp³-hybridized carbons (Fsp3) is 0.353. The molecule has 0 spiro atoms. The Hall–Kier alpha value is -2.22. The topological polar surface area (TPSA) is 61.2 Å². The van der Waals surface area contributed by atoms with Crippen molar-refractivity contribution < 1.29 is 23.1 Å². The van der Waals surface area contributed by atoms with Gasteiger partial charge in [0.05, 0.1) is 5.56 Å². The molecule has 0 N–H and O–H groups in total. The van der Waals surface area contributed by atoms with Crippen molar-refractivity contribution in [1.82, 2.24) is 9.55 Å². The van der Waals surface area contributed by atoms with Crippen LogP contribution in [0.2, 0.25) is 0 Å². The number of hydrogen-bond acceptors (Lipinski definition) is 5. The molecular weight excluding hydrogens is 350 g/mol. The van der Waals surface area contributed by atoms with E-state index in [0.717, 1.165) is 17.9 Å². The summed E-state index contributed by atoms with van der Waals surface area (Å²) in [6.07, 6.45) is 1.31. The molecule has 0 aliphatic carbocycles. The number of hydrogen-bond donors (Lipinski definition) is 0. The highest BCUT2D eigenvalue weighted by Gasteiger charge is 2.20. The highest BCUT2D eigenvalue weighted by atomic mass is 32.2. The first kappa shape index (κ1) is 19.1. The molecule has 0 radical (unpaired) electrons. The van der Waals surface area contributed by atoms with E-state index in [0.29, 0.717) is 5.56 Å². The predicted molar refractivity (Wildman–Crippen MR) is 90.3 cm³/mol. The van der Waals surface area contributed by atoms with Gasteiger partial charge in [-0.1, -0.05) is 0 Å². The molecule has 0 aliphatic heterocycles. The molecule has 134 valence electrons. The van der Waals surface area contributed by atoms with Crippen LogP contribution in [0, 0.1) is 13.8 Å². The molecular formula is C17H18F2N2O3S. The van der Waals surface area contributed by atoms with E-state index >= 15 is 0 Å². The van der Waals surface area contributed by atoms with E-state index in [2.05, 4.69) is 4.98 Å². The summed E-state index contributed by atoms with van der Waals surface area (Å²) >= 11 is 0.161. The largest absolute Gasteiger partial charge is 0.454 e. The molecule has 2 aromatic heterocycles. The van der Waals surface area contributed by atoms with Crippen molar-refractivity contribution >= 4 is 23.5 Å². The van der Waals surface area contributed by atoms with Gasteiger partial charge in [-0.25, -0.2) is 9.78 Å². The van der Waals surface area contributed by atoms with E-state index in [1.165, 1.54) is 18.3 Å².